The topological polar surface area (TPSA) is 102 Å². The molecule has 1 saturated carbocycles. The predicted molar refractivity (Wildman–Crippen MR) is 108 cm³/mol. The maximum atomic E-state index is 12.7. The number of nitrogens with one attached hydrogen (secondary N) is 1. The number of benzene rings is 2. The third-order valence-corrected chi connectivity index (χ3v) is 5.67. The number of amides is 1. The summed E-state index contributed by atoms with van der Waals surface area (Å²) < 4.78 is 0. The SMILES string of the molecule is O=C(NCC1(C(O)c2ccccc2)CC1)C1=NN(c2ccccc2)C(C(=O)O)C1. The van der Waals surface area contributed by atoms with Gasteiger partial charge in [0.15, 0.2) is 6.04 Å². The number of carboxylic acid groups (broad SMARTS) is 1. The molecule has 0 aromatic heterocycles. The first kappa shape index (κ1) is 19.1. The van der Waals surface area contributed by atoms with Crippen LogP contribution in [0.15, 0.2) is 65.8 Å². The third kappa shape index (κ3) is 3.86. The lowest BCUT2D eigenvalue weighted by molar-refractivity contribution is -0.138. The van der Waals surface area contributed by atoms with Crippen molar-refractivity contribution in [1.29, 1.82) is 0 Å². The van der Waals surface area contributed by atoms with Gasteiger partial charge in [0.2, 0.25) is 0 Å². The Morgan fingerprint density at radius 1 is 1.10 bits per heavy atom. The number of carbonyl (C=O) groups is 2. The highest BCUT2D eigenvalue weighted by molar-refractivity contribution is 6.40. The Kier molecular flexibility index (Phi) is 5.07. The third-order valence-electron chi connectivity index (χ3n) is 5.67. The number of anilines is 1. The van der Waals surface area contributed by atoms with Crippen molar-refractivity contribution in [3.05, 3.63) is 66.2 Å². The van der Waals surface area contributed by atoms with Crippen molar-refractivity contribution in [1.82, 2.24) is 5.32 Å². The monoisotopic (exact) mass is 393 g/mol. The molecule has 2 aromatic rings. The van der Waals surface area contributed by atoms with Gasteiger partial charge in [-0.25, -0.2) is 4.79 Å². The molecule has 4 rings (SSSR count). The molecule has 2 aromatic carbocycles. The quantitative estimate of drug-likeness (QED) is 0.670. The highest BCUT2D eigenvalue weighted by Gasteiger charge is 2.49. The second-order valence-electron chi connectivity index (χ2n) is 7.64. The fourth-order valence-electron chi connectivity index (χ4n) is 3.71. The van der Waals surface area contributed by atoms with Crippen LogP contribution in [-0.2, 0) is 9.59 Å². The summed E-state index contributed by atoms with van der Waals surface area (Å²) in [5.74, 6) is -1.42. The molecule has 1 aliphatic heterocycles. The number of aliphatic carboxylic acids is 1. The summed E-state index contributed by atoms with van der Waals surface area (Å²) in [6.45, 7) is 0.323. The lowest BCUT2D eigenvalue weighted by Gasteiger charge is -2.23. The first-order valence-electron chi connectivity index (χ1n) is 9.66. The van der Waals surface area contributed by atoms with E-state index in [-0.39, 0.29) is 23.5 Å². The lowest BCUT2D eigenvalue weighted by atomic mass is 9.92. The van der Waals surface area contributed by atoms with Crippen molar-refractivity contribution < 1.29 is 19.8 Å². The van der Waals surface area contributed by atoms with Crippen molar-refractivity contribution in [2.45, 2.75) is 31.4 Å². The zero-order chi connectivity index (χ0) is 20.4. The van der Waals surface area contributed by atoms with E-state index in [1.54, 1.807) is 24.3 Å². The summed E-state index contributed by atoms with van der Waals surface area (Å²) >= 11 is 0. The van der Waals surface area contributed by atoms with Gasteiger partial charge in [-0.2, -0.15) is 5.10 Å². The number of hydrazone groups is 1. The lowest BCUT2D eigenvalue weighted by Crippen LogP contribution is -2.38. The molecule has 7 nitrogen and oxygen atoms in total. The van der Waals surface area contributed by atoms with Crippen molar-refractivity contribution in [3.8, 4) is 0 Å². The molecule has 1 fully saturated rings. The molecule has 2 atom stereocenters. The molecule has 0 radical (unpaired) electrons. The molecule has 150 valence electrons. The molecule has 2 aliphatic rings. The molecule has 0 saturated heterocycles. The van der Waals surface area contributed by atoms with E-state index in [0.717, 1.165) is 18.4 Å². The Morgan fingerprint density at radius 2 is 1.72 bits per heavy atom. The molecule has 3 N–H and O–H groups in total. The second kappa shape index (κ2) is 7.67. The largest absolute Gasteiger partial charge is 0.480 e. The average Bonchev–Trinajstić information content (AvgIpc) is 3.41. The molecule has 7 heteroatoms. The van der Waals surface area contributed by atoms with Gasteiger partial charge in [-0.3, -0.25) is 9.80 Å². The molecular weight excluding hydrogens is 370 g/mol. The summed E-state index contributed by atoms with van der Waals surface area (Å²) in [5, 5.41) is 28.8. The van der Waals surface area contributed by atoms with Crippen LogP contribution < -0.4 is 10.3 Å². The van der Waals surface area contributed by atoms with E-state index >= 15 is 0 Å². The Balaban J connectivity index is 1.44. The predicted octanol–water partition coefficient (Wildman–Crippen LogP) is 2.34. The van der Waals surface area contributed by atoms with Crippen LogP contribution in [0.5, 0.6) is 0 Å². The van der Waals surface area contributed by atoms with Crippen LogP contribution >= 0.6 is 0 Å². The van der Waals surface area contributed by atoms with Crippen LogP contribution in [0, 0.1) is 5.41 Å². The van der Waals surface area contributed by atoms with Gasteiger partial charge in [-0.15, -0.1) is 0 Å². The summed E-state index contributed by atoms with van der Waals surface area (Å²) in [5.41, 5.74) is 1.27. The number of hydrogen-bond acceptors (Lipinski definition) is 5. The van der Waals surface area contributed by atoms with Gasteiger partial charge in [0.1, 0.15) is 5.71 Å². The Bertz CT molecular complexity index is 926. The molecule has 1 heterocycles. The van der Waals surface area contributed by atoms with E-state index in [9.17, 15) is 19.8 Å². The van der Waals surface area contributed by atoms with E-state index in [1.807, 2.05) is 36.4 Å². The fourth-order valence-corrected chi connectivity index (χ4v) is 3.71. The second-order valence-corrected chi connectivity index (χ2v) is 7.64. The molecule has 1 amide bonds. The minimum absolute atomic E-state index is 0.0320. The van der Waals surface area contributed by atoms with E-state index in [1.165, 1.54) is 5.01 Å². The zero-order valence-electron chi connectivity index (χ0n) is 15.9. The van der Waals surface area contributed by atoms with Crippen LogP contribution in [0.2, 0.25) is 0 Å². The number of aliphatic hydroxyl groups is 1. The standard InChI is InChI=1S/C22H23N3O4/c26-19(15-7-3-1-4-8-15)22(11-12-22)14-23-20(27)17-13-18(21(28)29)25(24-17)16-9-5-2-6-10-16/h1-10,18-19,26H,11-14H2,(H,23,27)(H,28,29). The van der Waals surface area contributed by atoms with Gasteiger partial charge < -0.3 is 15.5 Å². The van der Waals surface area contributed by atoms with Gasteiger partial charge in [0, 0.05) is 18.4 Å². The molecular formula is C22H23N3O4. The van der Waals surface area contributed by atoms with Gasteiger partial charge in [-0.05, 0) is 30.5 Å². The number of carbonyl (C=O) groups excluding carboxylic acids is 1. The minimum Gasteiger partial charge on any atom is -0.480 e. The smallest absolute Gasteiger partial charge is 0.328 e. The molecule has 29 heavy (non-hydrogen) atoms. The van der Waals surface area contributed by atoms with Crippen LogP contribution in [-0.4, -0.2) is 40.4 Å². The van der Waals surface area contributed by atoms with E-state index < -0.39 is 18.1 Å². The molecule has 0 spiro atoms. The fraction of sp³-hybridized carbons (Fsp3) is 0.318. The summed E-state index contributed by atoms with van der Waals surface area (Å²) in [6, 6.07) is 17.4. The number of aliphatic hydroxyl groups excluding tert-OH is 1. The van der Waals surface area contributed by atoms with Gasteiger partial charge in [0.25, 0.3) is 5.91 Å². The number of para-hydroxylation sites is 1. The van der Waals surface area contributed by atoms with Crippen molar-refractivity contribution >= 4 is 23.3 Å². The normalized spacial score (nSPS) is 20.7. The van der Waals surface area contributed by atoms with Gasteiger partial charge >= 0.3 is 5.97 Å². The Morgan fingerprint density at radius 3 is 2.31 bits per heavy atom. The zero-order valence-corrected chi connectivity index (χ0v) is 15.9. The minimum atomic E-state index is -1.03. The number of hydrogen-bond donors (Lipinski definition) is 3. The maximum Gasteiger partial charge on any atom is 0.328 e. The molecule has 0 bridgehead atoms. The van der Waals surface area contributed by atoms with Crippen molar-refractivity contribution in [2.75, 3.05) is 11.6 Å². The van der Waals surface area contributed by atoms with Crippen LogP contribution in [0.1, 0.15) is 30.9 Å². The first-order valence-corrected chi connectivity index (χ1v) is 9.66. The van der Waals surface area contributed by atoms with Crippen LogP contribution in [0.4, 0.5) is 5.69 Å². The highest BCUT2D eigenvalue weighted by atomic mass is 16.4. The Labute approximate surface area is 168 Å². The van der Waals surface area contributed by atoms with E-state index in [0.29, 0.717) is 12.2 Å². The van der Waals surface area contributed by atoms with Crippen molar-refractivity contribution in [3.63, 3.8) is 0 Å². The molecule has 1 aliphatic carbocycles. The number of rotatable bonds is 7. The van der Waals surface area contributed by atoms with Gasteiger partial charge in [0.05, 0.1) is 11.8 Å². The van der Waals surface area contributed by atoms with Crippen LogP contribution in [0.3, 0.4) is 0 Å². The molecule has 2 unspecified atom stereocenters. The van der Waals surface area contributed by atoms with E-state index in [4.69, 9.17) is 0 Å². The maximum absolute atomic E-state index is 12.7. The van der Waals surface area contributed by atoms with E-state index in [2.05, 4.69) is 10.4 Å². The summed E-state index contributed by atoms with van der Waals surface area (Å²) in [6.07, 6.45) is 1.03. The van der Waals surface area contributed by atoms with Crippen LogP contribution in [0.25, 0.3) is 0 Å². The highest BCUT2D eigenvalue weighted by Crippen LogP contribution is 2.54. The van der Waals surface area contributed by atoms with Crippen molar-refractivity contribution in [2.24, 2.45) is 10.5 Å². The first-order chi connectivity index (χ1) is 14.0. The Hall–Kier alpha value is -3.19. The summed E-state index contributed by atoms with van der Waals surface area (Å²) in [4.78, 5) is 24.3. The average molecular weight is 393 g/mol. The van der Waals surface area contributed by atoms with Gasteiger partial charge in [-0.1, -0.05) is 48.5 Å². The number of carboxylic acids is 1. The number of nitrogens with zero attached hydrogens (tertiary/aromatic N) is 2. The summed E-state index contributed by atoms with van der Waals surface area (Å²) in [7, 11) is 0.